The second kappa shape index (κ2) is 8.19. The van der Waals surface area contributed by atoms with Crippen molar-refractivity contribution in [1.82, 2.24) is 4.90 Å². The van der Waals surface area contributed by atoms with E-state index in [1.54, 1.807) is 42.2 Å². The maximum absolute atomic E-state index is 13.1. The van der Waals surface area contributed by atoms with Crippen molar-refractivity contribution in [2.75, 3.05) is 7.11 Å². The van der Waals surface area contributed by atoms with E-state index in [1.807, 2.05) is 0 Å². The molecule has 1 aliphatic heterocycles. The molecule has 0 radical (unpaired) electrons. The molecule has 158 valence electrons. The van der Waals surface area contributed by atoms with Gasteiger partial charge in [0.05, 0.1) is 17.7 Å². The van der Waals surface area contributed by atoms with Crippen LogP contribution in [0.5, 0.6) is 5.75 Å². The Morgan fingerprint density at radius 2 is 1.90 bits per heavy atom. The summed E-state index contributed by atoms with van der Waals surface area (Å²) in [7, 11) is 1.50. The van der Waals surface area contributed by atoms with Gasteiger partial charge in [-0.05, 0) is 50.1 Å². The van der Waals surface area contributed by atoms with Gasteiger partial charge in [-0.2, -0.15) is 0 Å². The van der Waals surface area contributed by atoms with Gasteiger partial charge in [0.25, 0.3) is 11.7 Å². The summed E-state index contributed by atoms with van der Waals surface area (Å²) >= 11 is 6.31. The standard InChI is InChI=1S/C23H24ClNO5/c1-13-8-11-18(30-13)20-19(21(26)16-12-15(29-2)9-10-17(16)24)22(27)23(28)25(20)14-6-4-3-5-7-14/h8-12,14,20,26H,3-7H2,1-2H3/b21-19+. The number of amides is 1. The van der Waals surface area contributed by atoms with Gasteiger partial charge < -0.3 is 19.2 Å². The number of carbonyl (C=O) groups is 2. The lowest BCUT2D eigenvalue weighted by Gasteiger charge is -2.34. The largest absolute Gasteiger partial charge is 0.507 e. The molecule has 1 saturated heterocycles. The van der Waals surface area contributed by atoms with E-state index in [1.165, 1.54) is 7.11 Å². The number of hydrogen-bond donors (Lipinski definition) is 1. The first-order valence-electron chi connectivity index (χ1n) is 10.1. The molecule has 2 fully saturated rings. The average molecular weight is 430 g/mol. The maximum atomic E-state index is 13.1. The zero-order valence-electron chi connectivity index (χ0n) is 17.0. The third-order valence-corrected chi connectivity index (χ3v) is 6.24. The average Bonchev–Trinajstić information content (AvgIpc) is 3.29. The number of ketones is 1. The molecule has 6 nitrogen and oxygen atoms in total. The second-order valence-corrected chi connectivity index (χ2v) is 8.20. The Kier molecular flexibility index (Phi) is 5.60. The van der Waals surface area contributed by atoms with Crippen molar-refractivity contribution in [2.45, 2.75) is 51.1 Å². The van der Waals surface area contributed by atoms with Gasteiger partial charge in [0, 0.05) is 11.6 Å². The van der Waals surface area contributed by atoms with E-state index in [4.69, 9.17) is 20.8 Å². The molecule has 30 heavy (non-hydrogen) atoms. The molecule has 1 amide bonds. The second-order valence-electron chi connectivity index (χ2n) is 7.79. The molecule has 1 unspecified atom stereocenters. The molecule has 4 rings (SSSR count). The lowest BCUT2D eigenvalue weighted by Crippen LogP contribution is -2.40. The number of rotatable bonds is 4. The smallest absolute Gasteiger partial charge is 0.296 e. The molecule has 2 heterocycles. The van der Waals surface area contributed by atoms with Crippen molar-refractivity contribution in [3.8, 4) is 5.75 Å². The molecule has 1 aromatic heterocycles. The number of aryl methyl sites for hydroxylation is 1. The van der Waals surface area contributed by atoms with Gasteiger partial charge in [0.1, 0.15) is 29.1 Å². The van der Waals surface area contributed by atoms with Crippen LogP contribution in [0.1, 0.15) is 55.2 Å². The molecule has 0 bridgehead atoms. The molecule has 0 spiro atoms. The molecule has 1 aromatic carbocycles. The zero-order valence-corrected chi connectivity index (χ0v) is 17.7. The van der Waals surface area contributed by atoms with Crippen molar-refractivity contribution >= 4 is 29.1 Å². The van der Waals surface area contributed by atoms with Crippen LogP contribution in [-0.2, 0) is 9.59 Å². The minimum Gasteiger partial charge on any atom is -0.507 e. The van der Waals surface area contributed by atoms with E-state index in [9.17, 15) is 14.7 Å². The zero-order chi connectivity index (χ0) is 21.4. The fourth-order valence-electron chi connectivity index (χ4n) is 4.42. The normalized spacial score (nSPS) is 22.0. The summed E-state index contributed by atoms with van der Waals surface area (Å²) in [6.07, 6.45) is 4.76. The molecular weight excluding hydrogens is 406 g/mol. The van der Waals surface area contributed by atoms with Crippen LogP contribution in [-0.4, -0.2) is 34.8 Å². The van der Waals surface area contributed by atoms with Crippen LogP contribution in [0.4, 0.5) is 0 Å². The number of aliphatic hydroxyl groups is 1. The van der Waals surface area contributed by atoms with Crippen LogP contribution in [0.2, 0.25) is 5.02 Å². The Morgan fingerprint density at radius 1 is 1.17 bits per heavy atom. The van der Waals surface area contributed by atoms with Gasteiger partial charge in [-0.3, -0.25) is 9.59 Å². The number of benzene rings is 1. The van der Waals surface area contributed by atoms with Crippen molar-refractivity contribution in [1.29, 1.82) is 0 Å². The van der Waals surface area contributed by atoms with Gasteiger partial charge in [-0.25, -0.2) is 0 Å². The first-order valence-corrected chi connectivity index (χ1v) is 10.5. The molecule has 1 atom stereocenters. The van der Waals surface area contributed by atoms with E-state index in [0.717, 1.165) is 32.1 Å². The fourth-order valence-corrected chi connectivity index (χ4v) is 4.63. The summed E-state index contributed by atoms with van der Waals surface area (Å²) in [5.74, 6) is -0.0588. The minimum absolute atomic E-state index is 0.00456. The van der Waals surface area contributed by atoms with Gasteiger partial charge in [0.2, 0.25) is 0 Å². The summed E-state index contributed by atoms with van der Waals surface area (Å²) in [6.45, 7) is 1.80. The van der Waals surface area contributed by atoms with Crippen molar-refractivity contribution in [2.24, 2.45) is 0 Å². The van der Waals surface area contributed by atoms with Gasteiger partial charge >= 0.3 is 0 Å². The van der Waals surface area contributed by atoms with E-state index in [0.29, 0.717) is 17.3 Å². The number of aliphatic hydroxyl groups excluding tert-OH is 1. The fraction of sp³-hybridized carbons (Fsp3) is 0.391. The van der Waals surface area contributed by atoms with Gasteiger partial charge in [0.15, 0.2) is 0 Å². The van der Waals surface area contributed by atoms with Crippen LogP contribution in [0, 0.1) is 6.92 Å². The summed E-state index contributed by atoms with van der Waals surface area (Å²) in [6, 6.07) is 7.47. The predicted molar refractivity (Wildman–Crippen MR) is 112 cm³/mol. The highest BCUT2D eigenvalue weighted by molar-refractivity contribution is 6.47. The lowest BCUT2D eigenvalue weighted by molar-refractivity contribution is -0.142. The molecule has 2 aromatic rings. The van der Waals surface area contributed by atoms with Crippen LogP contribution >= 0.6 is 11.6 Å². The summed E-state index contributed by atoms with van der Waals surface area (Å²) < 4.78 is 11.1. The van der Waals surface area contributed by atoms with Crippen molar-refractivity contribution in [3.05, 3.63) is 58.0 Å². The lowest BCUT2D eigenvalue weighted by atomic mass is 9.92. The molecule has 1 N–H and O–H groups in total. The number of likely N-dealkylation sites (tertiary alicyclic amines) is 1. The third-order valence-electron chi connectivity index (χ3n) is 5.91. The quantitative estimate of drug-likeness (QED) is 0.420. The van der Waals surface area contributed by atoms with Crippen molar-refractivity contribution < 1.29 is 23.8 Å². The Morgan fingerprint density at radius 3 is 2.53 bits per heavy atom. The highest BCUT2D eigenvalue weighted by Crippen LogP contribution is 2.44. The molecular formula is C23H24ClNO5. The van der Waals surface area contributed by atoms with Crippen molar-refractivity contribution in [3.63, 3.8) is 0 Å². The summed E-state index contributed by atoms with van der Waals surface area (Å²) in [5.41, 5.74) is 0.237. The Bertz CT molecular complexity index is 1020. The number of methoxy groups -OCH3 is 1. The van der Waals surface area contributed by atoms with Crippen LogP contribution in [0.3, 0.4) is 0 Å². The Labute approximate surface area is 180 Å². The Hall–Kier alpha value is -2.73. The van der Waals surface area contributed by atoms with Crippen LogP contribution in [0.25, 0.3) is 5.76 Å². The highest BCUT2D eigenvalue weighted by Gasteiger charge is 2.50. The predicted octanol–water partition coefficient (Wildman–Crippen LogP) is 5.00. The molecule has 1 aliphatic carbocycles. The summed E-state index contributed by atoms with van der Waals surface area (Å²) in [4.78, 5) is 27.8. The van der Waals surface area contributed by atoms with Gasteiger partial charge in [-0.1, -0.05) is 30.9 Å². The third kappa shape index (κ3) is 3.49. The number of hydrogen-bond acceptors (Lipinski definition) is 5. The monoisotopic (exact) mass is 429 g/mol. The Balaban J connectivity index is 1.89. The number of nitrogens with zero attached hydrogens (tertiary/aromatic N) is 1. The number of carbonyl (C=O) groups excluding carboxylic acids is 2. The van der Waals surface area contributed by atoms with Gasteiger partial charge in [-0.15, -0.1) is 0 Å². The van der Waals surface area contributed by atoms with Crippen LogP contribution in [0.15, 0.2) is 40.3 Å². The topological polar surface area (TPSA) is 80.0 Å². The van der Waals surface area contributed by atoms with Crippen LogP contribution < -0.4 is 4.74 Å². The number of furan rings is 1. The van der Waals surface area contributed by atoms with E-state index in [-0.39, 0.29) is 28.0 Å². The first-order chi connectivity index (χ1) is 14.4. The van der Waals surface area contributed by atoms with E-state index in [2.05, 4.69) is 0 Å². The molecule has 1 saturated carbocycles. The SMILES string of the molecule is COc1ccc(Cl)c(/C(O)=C2\C(=O)C(=O)N(C3CCCCC3)C2c2ccc(C)o2)c1. The van der Waals surface area contributed by atoms with E-state index >= 15 is 0 Å². The van der Waals surface area contributed by atoms with E-state index < -0.39 is 17.7 Å². The molecule has 2 aliphatic rings. The number of halogens is 1. The highest BCUT2D eigenvalue weighted by atomic mass is 35.5. The number of Topliss-reactive ketones (excluding diaryl/α,β-unsaturated/α-hetero) is 1. The minimum atomic E-state index is -0.788. The number of ether oxygens (including phenoxy) is 1. The molecule has 7 heteroatoms. The summed E-state index contributed by atoms with van der Waals surface area (Å²) in [5, 5.41) is 11.4. The first kappa shape index (κ1) is 20.5. The maximum Gasteiger partial charge on any atom is 0.296 e.